The van der Waals surface area contributed by atoms with Crippen molar-refractivity contribution < 1.29 is 14.3 Å². The van der Waals surface area contributed by atoms with E-state index in [9.17, 15) is 9.59 Å². The smallest absolute Gasteiger partial charge is 0.257 e. The predicted molar refractivity (Wildman–Crippen MR) is 139 cm³/mol. The summed E-state index contributed by atoms with van der Waals surface area (Å²) >= 11 is 0. The fourth-order valence-corrected chi connectivity index (χ4v) is 8.20. The number of rotatable bonds is 7. The first-order valence-corrected chi connectivity index (χ1v) is 16.1. The highest BCUT2D eigenvalue weighted by Crippen LogP contribution is 2.55. The lowest BCUT2D eigenvalue weighted by Crippen LogP contribution is -2.55. The number of carbonyl (C=O) groups is 2. The van der Waals surface area contributed by atoms with Gasteiger partial charge in [-0.2, -0.15) is 0 Å². The van der Waals surface area contributed by atoms with E-state index in [0.717, 1.165) is 42.4 Å². The molecule has 1 saturated carbocycles. The van der Waals surface area contributed by atoms with Crippen LogP contribution in [0.25, 0.3) is 0 Å². The molecule has 184 valence electrons. The monoisotopic (exact) mass is 481 g/mol. The van der Waals surface area contributed by atoms with Crippen LogP contribution >= 0.6 is 0 Å². The van der Waals surface area contributed by atoms with Crippen LogP contribution in [-0.4, -0.2) is 55.9 Å². The zero-order chi connectivity index (χ0) is 24.7. The first kappa shape index (κ1) is 24.9. The van der Waals surface area contributed by atoms with Crippen LogP contribution in [0.1, 0.15) is 58.1 Å². The van der Waals surface area contributed by atoms with Crippen LogP contribution in [0.15, 0.2) is 46.5 Å². The van der Waals surface area contributed by atoms with Gasteiger partial charge in [-0.05, 0) is 44.2 Å². The zero-order valence-electron chi connectivity index (χ0n) is 21.5. The van der Waals surface area contributed by atoms with Gasteiger partial charge in [-0.1, -0.05) is 63.3 Å². The van der Waals surface area contributed by atoms with Gasteiger partial charge < -0.3 is 15.0 Å². The second-order valence-electron chi connectivity index (χ2n) is 11.4. The topological polar surface area (TPSA) is 71.0 Å². The Morgan fingerprint density at radius 2 is 1.85 bits per heavy atom. The molecule has 1 atom stereocenters. The molecule has 0 radical (unpaired) electrons. The molecule has 0 unspecified atom stereocenters. The molecule has 0 spiro atoms. The Morgan fingerprint density at radius 1 is 1.18 bits per heavy atom. The van der Waals surface area contributed by atoms with Crippen LogP contribution in [0.2, 0.25) is 24.7 Å². The van der Waals surface area contributed by atoms with Gasteiger partial charge in [0.15, 0.2) is 6.10 Å². The van der Waals surface area contributed by atoms with E-state index in [4.69, 9.17) is 9.73 Å². The molecule has 2 amide bonds. The van der Waals surface area contributed by atoms with E-state index < -0.39 is 19.7 Å². The van der Waals surface area contributed by atoms with Gasteiger partial charge in [-0.3, -0.25) is 14.6 Å². The van der Waals surface area contributed by atoms with Gasteiger partial charge in [0.2, 0.25) is 5.91 Å². The molecule has 0 saturated heterocycles. The van der Waals surface area contributed by atoms with Crippen molar-refractivity contribution in [1.82, 2.24) is 10.2 Å². The van der Waals surface area contributed by atoms with E-state index in [1.54, 1.807) is 0 Å². The zero-order valence-corrected chi connectivity index (χ0v) is 22.5. The Kier molecular flexibility index (Phi) is 6.64. The molecule has 2 heterocycles. The lowest BCUT2D eigenvalue weighted by atomic mass is 9.83. The number of benzene rings is 1. The van der Waals surface area contributed by atoms with Gasteiger partial charge in [-0.25, -0.2) is 0 Å². The maximum Gasteiger partial charge on any atom is 0.257 e. The first-order chi connectivity index (χ1) is 16.0. The van der Waals surface area contributed by atoms with Crippen LogP contribution < -0.4 is 5.32 Å². The highest BCUT2D eigenvalue weighted by Gasteiger charge is 2.54. The van der Waals surface area contributed by atoms with Crippen molar-refractivity contribution in [3.8, 4) is 0 Å². The third kappa shape index (κ3) is 4.07. The van der Waals surface area contributed by atoms with Crippen LogP contribution in [0, 0.1) is 0 Å². The summed E-state index contributed by atoms with van der Waals surface area (Å²) in [5.41, 5.74) is 2.50. The average Bonchev–Trinajstić information content (AvgIpc) is 3.25. The lowest BCUT2D eigenvalue weighted by molar-refractivity contribution is -0.147. The summed E-state index contributed by atoms with van der Waals surface area (Å²) in [5.74, 6) is 0.752. The molecule has 7 heteroatoms. The minimum atomic E-state index is -1.68. The van der Waals surface area contributed by atoms with Crippen molar-refractivity contribution in [3.63, 3.8) is 0 Å². The van der Waals surface area contributed by atoms with Crippen molar-refractivity contribution in [2.24, 2.45) is 4.99 Å². The minimum Gasteiger partial charge on any atom is -0.364 e. The molecule has 1 N–H and O–H groups in total. The van der Waals surface area contributed by atoms with E-state index >= 15 is 0 Å². The average molecular weight is 482 g/mol. The number of hydrogen-bond donors (Lipinski definition) is 1. The van der Waals surface area contributed by atoms with E-state index in [-0.39, 0.29) is 16.9 Å². The molecule has 3 aliphatic rings. The molecule has 1 aromatic carbocycles. The summed E-state index contributed by atoms with van der Waals surface area (Å²) in [4.78, 5) is 33.9. The van der Waals surface area contributed by atoms with Gasteiger partial charge in [0.1, 0.15) is 5.84 Å². The van der Waals surface area contributed by atoms with Crippen LogP contribution in [0.3, 0.4) is 0 Å². The summed E-state index contributed by atoms with van der Waals surface area (Å²) in [6.45, 7) is 14.5. The molecular weight excluding hydrogens is 442 g/mol. The van der Waals surface area contributed by atoms with E-state index in [0.29, 0.717) is 25.5 Å². The number of hydrogen-bond acceptors (Lipinski definition) is 4. The Balaban J connectivity index is 1.54. The fourth-order valence-electron chi connectivity index (χ4n) is 5.60. The number of amidine groups is 1. The van der Waals surface area contributed by atoms with Gasteiger partial charge in [0.25, 0.3) is 5.91 Å². The van der Waals surface area contributed by atoms with E-state index in [1.807, 2.05) is 42.2 Å². The SMILES string of the molecule is CCCO[C@@H](C(=O)N1CC2=C(CN=C2NC(=O)C2([Si](C)(C)C)CCC2)C1(C)C)c1ccccc1. The van der Waals surface area contributed by atoms with Crippen LogP contribution in [-0.2, 0) is 14.3 Å². The standard InChI is InChI=1S/C27H39N3O3Si/c1-7-16-33-22(19-12-9-8-10-13-19)24(31)30-18-20-21(26(30,2)3)17-28-23(20)29-25(32)27(14-11-15-27)34(4,5)6/h8-10,12-13,22H,7,11,14-18H2,1-6H3,(H,28,29,32)/t22-/m1/s1. The van der Waals surface area contributed by atoms with Gasteiger partial charge >= 0.3 is 0 Å². The van der Waals surface area contributed by atoms with Crippen molar-refractivity contribution in [1.29, 1.82) is 0 Å². The molecule has 4 rings (SSSR count). The van der Waals surface area contributed by atoms with Crippen molar-refractivity contribution >= 4 is 25.7 Å². The quantitative estimate of drug-likeness (QED) is 0.565. The second kappa shape index (κ2) is 9.08. The maximum atomic E-state index is 13.8. The van der Waals surface area contributed by atoms with Gasteiger partial charge in [0, 0.05) is 17.2 Å². The summed E-state index contributed by atoms with van der Waals surface area (Å²) < 4.78 is 6.06. The molecular formula is C27H39N3O3Si. The predicted octanol–water partition coefficient (Wildman–Crippen LogP) is 4.86. The van der Waals surface area contributed by atoms with Crippen molar-refractivity contribution in [2.75, 3.05) is 19.7 Å². The minimum absolute atomic E-state index is 0.0395. The first-order valence-electron chi connectivity index (χ1n) is 12.6. The third-order valence-corrected chi connectivity index (χ3v) is 11.8. The number of aliphatic imine (C=N–C) groups is 1. The number of nitrogens with zero attached hydrogens (tertiary/aromatic N) is 2. The Hall–Kier alpha value is -2.25. The highest BCUT2D eigenvalue weighted by atomic mass is 28.3. The number of nitrogens with one attached hydrogen (secondary N) is 1. The molecule has 2 aliphatic heterocycles. The molecule has 6 nitrogen and oxygen atoms in total. The Bertz CT molecular complexity index is 1020. The van der Waals surface area contributed by atoms with E-state index in [2.05, 4.69) is 38.8 Å². The molecule has 1 aromatic rings. The molecule has 1 fully saturated rings. The lowest BCUT2D eigenvalue weighted by Gasteiger charge is -2.49. The summed E-state index contributed by atoms with van der Waals surface area (Å²) in [6.07, 6.45) is 3.26. The normalized spacial score (nSPS) is 21.6. The molecule has 1 aliphatic carbocycles. The van der Waals surface area contributed by atoms with Crippen molar-refractivity contribution in [3.05, 3.63) is 47.0 Å². The summed E-state index contributed by atoms with van der Waals surface area (Å²) in [7, 11) is -1.68. The van der Waals surface area contributed by atoms with E-state index in [1.165, 1.54) is 0 Å². The number of carbonyl (C=O) groups excluding carboxylic acids is 2. The number of ether oxygens (including phenoxy) is 1. The molecule has 34 heavy (non-hydrogen) atoms. The summed E-state index contributed by atoms with van der Waals surface area (Å²) in [5, 5.41) is 3.00. The van der Waals surface area contributed by atoms with Gasteiger partial charge in [0.05, 0.1) is 26.7 Å². The Morgan fingerprint density at radius 3 is 2.41 bits per heavy atom. The molecule has 0 aromatic heterocycles. The Labute approximate surface area is 204 Å². The second-order valence-corrected chi connectivity index (χ2v) is 16.9. The largest absolute Gasteiger partial charge is 0.364 e. The summed E-state index contributed by atoms with van der Waals surface area (Å²) in [6, 6.07) is 9.72. The highest BCUT2D eigenvalue weighted by molar-refractivity contribution is 6.82. The maximum absolute atomic E-state index is 13.8. The van der Waals surface area contributed by atoms with Crippen LogP contribution in [0.4, 0.5) is 0 Å². The third-order valence-electron chi connectivity index (χ3n) is 8.17. The van der Waals surface area contributed by atoms with Gasteiger partial charge in [-0.15, -0.1) is 0 Å². The number of amides is 2. The van der Waals surface area contributed by atoms with Crippen LogP contribution in [0.5, 0.6) is 0 Å². The molecule has 0 bridgehead atoms. The van der Waals surface area contributed by atoms with Crippen molar-refractivity contribution in [2.45, 2.75) is 82.8 Å². The fraction of sp³-hybridized carbons (Fsp3) is 0.593.